The van der Waals surface area contributed by atoms with E-state index in [4.69, 9.17) is 4.74 Å². The van der Waals surface area contributed by atoms with Gasteiger partial charge >= 0.3 is 11.9 Å². The minimum absolute atomic E-state index is 0.329. The van der Waals surface area contributed by atoms with Gasteiger partial charge in [0.25, 0.3) is 0 Å². The summed E-state index contributed by atoms with van der Waals surface area (Å²) in [4.78, 5) is 23.5. The lowest BCUT2D eigenvalue weighted by Gasteiger charge is -2.49. The first-order chi connectivity index (χ1) is 8.47. The summed E-state index contributed by atoms with van der Waals surface area (Å²) in [5.41, 5.74) is -1.27. The summed E-state index contributed by atoms with van der Waals surface area (Å²) in [6, 6.07) is 0. The van der Waals surface area contributed by atoms with E-state index in [1.54, 1.807) is 13.8 Å². The lowest BCUT2D eigenvalue weighted by atomic mass is 9.75. The van der Waals surface area contributed by atoms with E-state index in [9.17, 15) is 14.8 Å². The largest absolute Gasteiger partial charge is 0.393 e. The number of hydrogen-bond donors (Lipinski definition) is 0. The molecular weight excluding hydrogens is 246 g/mol. The van der Waals surface area contributed by atoms with E-state index in [2.05, 4.69) is 0 Å². The van der Waals surface area contributed by atoms with Crippen molar-refractivity contribution in [3.05, 3.63) is 0 Å². The summed E-state index contributed by atoms with van der Waals surface area (Å²) < 4.78 is 4.87. The smallest absolute Gasteiger partial charge is 0.316 e. The summed E-state index contributed by atoms with van der Waals surface area (Å²) in [5.74, 6) is -1.75. The molecule has 19 heavy (non-hydrogen) atoms. The average molecular weight is 270 g/mol. The number of hydroxylamine groups is 2. The molecule has 0 aliphatic carbocycles. The molecule has 0 atom stereocenters. The van der Waals surface area contributed by atoms with E-state index in [1.165, 1.54) is 0 Å². The van der Waals surface area contributed by atoms with Gasteiger partial charge in [0.15, 0.2) is 0 Å². The zero-order valence-electron chi connectivity index (χ0n) is 12.6. The molecule has 1 saturated heterocycles. The SMILES string of the molecule is CC(C)C(=O)OC(=O)C1CC(C)(C)N([O])C(C)(C)C1. The predicted octanol–water partition coefficient (Wildman–Crippen LogP) is 2.33. The molecule has 1 radical (unpaired) electrons. The molecule has 0 amide bonds. The molecule has 0 N–H and O–H groups in total. The molecule has 1 aliphatic rings. The fraction of sp³-hybridized carbons (Fsp3) is 0.857. The third kappa shape index (κ3) is 3.54. The van der Waals surface area contributed by atoms with Crippen LogP contribution in [0.25, 0.3) is 0 Å². The Hall–Kier alpha value is -0.940. The molecule has 1 rings (SSSR count). The normalized spacial score (nSPS) is 23.4. The highest BCUT2D eigenvalue weighted by Gasteiger charge is 2.48. The van der Waals surface area contributed by atoms with E-state index in [0.717, 1.165) is 5.06 Å². The lowest BCUT2D eigenvalue weighted by molar-refractivity contribution is -0.293. The van der Waals surface area contributed by atoms with Crippen molar-refractivity contribution in [3.8, 4) is 0 Å². The van der Waals surface area contributed by atoms with E-state index < -0.39 is 28.9 Å². The average Bonchev–Trinajstić information content (AvgIpc) is 2.24. The predicted molar refractivity (Wildman–Crippen MR) is 69.3 cm³/mol. The fourth-order valence-corrected chi connectivity index (χ4v) is 2.73. The Morgan fingerprint density at radius 1 is 1.11 bits per heavy atom. The minimum atomic E-state index is -0.633. The highest BCUT2D eigenvalue weighted by Crippen LogP contribution is 2.40. The van der Waals surface area contributed by atoms with Crippen LogP contribution < -0.4 is 0 Å². The van der Waals surface area contributed by atoms with Crippen molar-refractivity contribution < 1.29 is 19.5 Å². The summed E-state index contributed by atoms with van der Waals surface area (Å²) >= 11 is 0. The number of nitrogens with zero attached hydrogens (tertiary/aromatic N) is 1. The molecule has 0 unspecified atom stereocenters. The zero-order chi connectivity index (χ0) is 15.0. The highest BCUT2D eigenvalue weighted by atomic mass is 16.6. The maximum atomic E-state index is 12.2. The number of carbonyl (C=O) groups is 2. The Kier molecular flexibility index (Phi) is 4.42. The van der Waals surface area contributed by atoms with Gasteiger partial charge in [0.1, 0.15) is 0 Å². The lowest BCUT2D eigenvalue weighted by Crippen LogP contribution is -2.59. The molecule has 5 heteroatoms. The van der Waals surface area contributed by atoms with Gasteiger partial charge in [-0.2, -0.15) is 0 Å². The Morgan fingerprint density at radius 2 is 1.53 bits per heavy atom. The second-order valence-electron chi connectivity index (χ2n) is 6.92. The molecule has 0 spiro atoms. The van der Waals surface area contributed by atoms with Gasteiger partial charge in [-0.3, -0.25) is 9.59 Å². The molecule has 109 valence electrons. The van der Waals surface area contributed by atoms with Gasteiger partial charge < -0.3 is 4.74 Å². The summed E-state index contributed by atoms with van der Waals surface area (Å²) in [5, 5.41) is 13.2. The van der Waals surface area contributed by atoms with Crippen molar-refractivity contribution >= 4 is 11.9 Å². The van der Waals surface area contributed by atoms with Crippen LogP contribution in [0.5, 0.6) is 0 Å². The maximum Gasteiger partial charge on any atom is 0.316 e. The third-order valence-electron chi connectivity index (χ3n) is 3.60. The monoisotopic (exact) mass is 270 g/mol. The van der Waals surface area contributed by atoms with Gasteiger partial charge in [0.05, 0.1) is 11.8 Å². The first-order valence-electron chi connectivity index (χ1n) is 6.70. The van der Waals surface area contributed by atoms with Crippen molar-refractivity contribution in [2.45, 2.75) is 65.5 Å². The Bertz CT molecular complexity index is 356. The molecule has 0 aromatic heterocycles. The molecule has 1 heterocycles. The second kappa shape index (κ2) is 5.21. The molecule has 1 fully saturated rings. The molecule has 0 aromatic rings. The second-order valence-corrected chi connectivity index (χ2v) is 6.92. The summed E-state index contributed by atoms with van der Waals surface area (Å²) in [7, 11) is 0. The first kappa shape index (κ1) is 16.1. The molecule has 0 aromatic carbocycles. The van der Waals surface area contributed by atoms with Gasteiger partial charge in [-0.15, -0.1) is 10.3 Å². The standard InChI is InChI=1S/C14H24NO4/c1-9(2)11(16)19-12(17)10-7-13(3,4)15(18)14(5,6)8-10/h9-10H,7-8H2,1-6H3. The highest BCUT2D eigenvalue weighted by molar-refractivity contribution is 5.87. The Balaban J connectivity index is 2.80. The number of rotatable bonds is 2. The van der Waals surface area contributed by atoms with E-state index in [-0.39, 0.29) is 5.92 Å². The van der Waals surface area contributed by atoms with Gasteiger partial charge in [-0.1, -0.05) is 13.8 Å². The molecule has 0 saturated carbocycles. The first-order valence-corrected chi connectivity index (χ1v) is 6.70. The van der Waals surface area contributed by atoms with Crippen LogP contribution in [0, 0.1) is 11.8 Å². The molecular formula is C14H24NO4. The molecule has 5 nitrogen and oxygen atoms in total. The fourth-order valence-electron chi connectivity index (χ4n) is 2.73. The number of carbonyl (C=O) groups excluding carboxylic acids is 2. The summed E-state index contributed by atoms with van der Waals surface area (Å²) in [6.45, 7) is 10.6. The van der Waals surface area contributed by atoms with E-state index >= 15 is 0 Å². The third-order valence-corrected chi connectivity index (χ3v) is 3.60. The number of hydrogen-bond acceptors (Lipinski definition) is 4. The summed E-state index contributed by atoms with van der Waals surface area (Å²) in [6.07, 6.45) is 0.814. The Labute approximate surface area is 114 Å². The van der Waals surface area contributed by atoms with Gasteiger partial charge in [0, 0.05) is 11.1 Å². The van der Waals surface area contributed by atoms with Crippen LogP contribution in [0.1, 0.15) is 54.4 Å². The van der Waals surface area contributed by atoms with Crippen molar-refractivity contribution in [2.24, 2.45) is 11.8 Å². The topological polar surface area (TPSA) is 66.5 Å². The van der Waals surface area contributed by atoms with Crippen LogP contribution in [0.15, 0.2) is 0 Å². The van der Waals surface area contributed by atoms with Gasteiger partial charge in [-0.25, -0.2) is 0 Å². The van der Waals surface area contributed by atoms with Crippen molar-refractivity contribution in [3.63, 3.8) is 0 Å². The van der Waals surface area contributed by atoms with Crippen LogP contribution >= 0.6 is 0 Å². The van der Waals surface area contributed by atoms with E-state index in [1.807, 2.05) is 27.7 Å². The molecule has 1 aliphatic heterocycles. The van der Waals surface area contributed by atoms with Crippen LogP contribution in [0.4, 0.5) is 0 Å². The zero-order valence-corrected chi connectivity index (χ0v) is 12.6. The van der Waals surface area contributed by atoms with Crippen LogP contribution in [0.2, 0.25) is 0 Å². The number of esters is 2. The Morgan fingerprint density at radius 3 is 1.89 bits per heavy atom. The van der Waals surface area contributed by atoms with Crippen LogP contribution in [-0.2, 0) is 19.5 Å². The van der Waals surface area contributed by atoms with E-state index in [0.29, 0.717) is 12.8 Å². The number of piperidine rings is 1. The minimum Gasteiger partial charge on any atom is -0.393 e. The number of ether oxygens (including phenoxy) is 1. The molecule has 0 bridgehead atoms. The van der Waals surface area contributed by atoms with Gasteiger partial charge in [-0.05, 0) is 40.5 Å². The van der Waals surface area contributed by atoms with Crippen molar-refractivity contribution in [2.75, 3.05) is 0 Å². The van der Waals surface area contributed by atoms with Crippen molar-refractivity contribution in [1.29, 1.82) is 0 Å². The van der Waals surface area contributed by atoms with Gasteiger partial charge in [0.2, 0.25) is 0 Å². The van der Waals surface area contributed by atoms with Crippen LogP contribution in [0.3, 0.4) is 0 Å². The van der Waals surface area contributed by atoms with Crippen LogP contribution in [-0.4, -0.2) is 28.1 Å². The maximum absolute atomic E-state index is 12.2. The van der Waals surface area contributed by atoms with Crippen molar-refractivity contribution in [1.82, 2.24) is 5.06 Å². The quantitative estimate of drug-likeness (QED) is 0.570.